The molecular weight excluding hydrogens is 441 g/mol. The standard InChI is InChI=1S/C24H20FN5O4/c1-33-17-8-14(7-15(9-17)24(31)32)20-11-22(29-13-28-20)27-5-6-30-16(12-26)10-18-21(34-2)4-3-19(25)23(18)30/h3-4,7-11,13H,5-6H2,1-2H3,(H,31,32)(H,27,28,29). The summed E-state index contributed by atoms with van der Waals surface area (Å²) in [5, 5.41) is 22.5. The number of aromatic carboxylic acids is 1. The van der Waals surface area contributed by atoms with E-state index in [-0.39, 0.29) is 12.1 Å². The normalized spacial score (nSPS) is 10.6. The van der Waals surface area contributed by atoms with E-state index in [2.05, 4.69) is 21.4 Å². The van der Waals surface area contributed by atoms with Gasteiger partial charge in [0.2, 0.25) is 0 Å². The quantitative estimate of drug-likeness (QED) is 0.405. The van der Waals surface area contributed by atoms with Crippen molar-refractivity contribution in [2.24, 2.45) is 0 Å². The lowest BCUT2D eigenvalue weighted by Gasteiger charge is -2.11. The van der Waals surface area contributed by atoms with Gasteiger partial charge in [0.15, 0.2) is 0 Å². The third-order valence-corrected chi connectivity index (χ3v) is 5.30. The molecule has 0 unspecified atom stereocenters. The van der Waals surface area contributed by atoms with Crippen molar-refractivity contribution in [3.05, 3.63) is 65.9 Å². The predicted molar refractivity (Wildman–Crippen MR) is 123 cm³/mol. The second kappa shape index (κ2) is 9.46. The lowest BCUT2D eigenvalue weighted by molar-refractivity contribution is 0.0696. The first-order valence-electron chi connectivity index (χ1n) is 10.2. The molecule has 10 heteroatoms. The van der Waals surface area contributed by atoms with Crippen molar-refractivity contribution in [2.75, 3.05) is 26.1 Å². The van der Waals surface area contributed by atoms with Gasteiger partial charge >= 0.3 is 5.97 Å². The molecule has 2 heterocycles. The molecule has 0 fully saturated rings. The number of hydrogen-bond donors (Lipinski definition) is 2. The number of rotatable bonds is 8. The minimum atomic E-state index is -1.08. The number of carboxylic acids is 1. The van der Waals surface area contributed by atoms with Crippen LogP contribution in [0.2, 0.25) is 0 Å². The Labute approximate surface area is 194 Å². The highest BCUT2D eigenvalue weighted by Crippen LogP contribution is 2.31. The highest BCUT2D eigenvalue weighted by molar-refractivity contribution is 5.90. The minimum absolute atomic E-state index is 0.0726. The monoisotopic (exact) mass is 461 g/mol. The third-order valence-electron chi connectivity index (χ3n) is 5.30. The molecule has 0 atom stereocenters. The number of anilines is 1. The van der Waals surface area contributed by atoms with E-state index in [1.165, 1.54) is 44.8 Å². The van der Waals surface area contributed by atoms with Gasteiger partial charge in [0.25, 0.3) is 0 Å². The van der Waals surface area contributed by atoms with Gasteiger partial charge in [-0.2, -0.15) is 5.26 Å². The van der Waals surface area contributed by atoms with E-state index >= 15 is 0 Å². The third kappa shape index (κ3) is 4.31. The van der Waals surface area contributed by atoms with Crippen LogP contribution in [0.1, 0.15) is 16.1 Å². The maximum Gasteiger partial charge on any atom is 0.335 e. The molecule has 2 aromatic heterocycles. The van der Waals surface area contributed by atoms with Crippen LogP contribution < -0.4 is 14.8 Å². The molecule has 9 nitrogen and oxygen atoms in total. The van der Waals surface area contributed by atoms with Crippen LogP contribution >= 0.6 is 0 Å². The summed E-state index contributed by atoms with van der Waals surface area (Å²) in [6.45, 7) is 0.627. The zero-order chi connectivity index (χ0) is 24.2. The zero-order valence-electron chi connectivity index (χ0n) is 18.4. The highest BCUT2D eigenvalue weighted by Gasteiger charge is 2.16. The van der Waals surface area contributed by atoms with E-state index in [1.807, 2.05) is 0 Å². The Bertz CT molecular complexity index is 1430. The maximum absolute atomic E-state index is 14.6. The first kappa shape index (κ1) is 22.5. The summed E-state index contributed by atoms with van der Waals surface area (Å²) >= 11 is 0. The molecule has 0 aliphatic rings. The van der Waals surface area contributed by atoms with Gasteiger partial charge in [-0.05, 0) is 36.4 Å². The summed E-state index contributed by atoms with van der Waals surface area (Å²) in [7, 11) is 2.95. The molecule has 0 aliphatic heterocycles. The fourth-order valence-corrected chi connectivity index (χ4v) is 3.71. The molecule has 34 heavy (non-hydrogen) atoms. The lowest BCUT2D eigenvalue weighted by Crippen LogP contribution is -2.13. The largest absolute Gasteiger partial charge is 0.497 e. The molecule has 4 aromatic rings. The van der Waals surface area contributed by atoms with E-state index in [0.29, 0.717) is 51.7 Å². The van der Waals surface area contributed by atoms with E-state index in [4.69, 9.17) is 9.47 Å². The molecule has 0 aliphatic carbocycles. The molecule has 0 saturated heterocycles. The second-order valence-corrected chi connectivity index (χ2v) is 7.28. The van der Waals surface area contributed by atoms with Crippen molar-refractivity contribution < 1.29 is 23.8 Å². The number of benzene rings is 2. The van der Waals surface area contributed by atoms with Crippen molar-refractivity contribution in [1.29, 1.82) is 5.26 Å². The van der Waals surface area contributed by atoms with Gasteiger partial charge in [-0.15, -0.1) is 0 Å². The summed E-state index contributed by atoms with van der Waals surface area (Å²) < 4.78 is 26.7. The summed E-state index contributed by atoms with van der Waals surface area (Å²) in [5.41, 5.74) is 1.72. The highest BCUT2D eigenvalue weighted by atomic mass is 19.1. The first-order valence-corrected chi connectivity index (χ1v) is 10.2. The Morgan fingerprint density at radius 2 is 2.00 bits per heavy atom. The Morgan fingerprint density at radius 1 is 1.18 bits per heavy atom. The van der Waals surface area contributed by atoms with E-state index in [9.17, 15) is 19.6 Å². The minimum Gasteiger partial charge on any atom is -0.497 e. The Hall–Kier alpha value is -4.65. The van der Waals surface area contributed by atoms with E-state index in [0.717, 1.165) is 0 Å². The van der Waals surface area contributed by atoms with Gasteiger partial charge in [0.1, 0.15) is 41.2 Å². The second-order valence-electron chi connectivity index (χ2n) is 7.28. The Morgan fingerprint density at radius 3 is 2.71 bits per heavy atom. The van der Waals surface area contributed by atoms with E-state index < -0.39 is 11.8 Å². The van der Waals surface area contributed by atoms with Crippen LogP contribution in [0.15, 0.2) is 48.8 Å². The fraction of sp³-hybridized carbons (Fsp3) is 0.167. The topological polar surface area (TPSA) is 122 Å². The van der Waals surface area contributed by atoms with Crippen LogP contribution in [0.5, 0.6) is 11.5 Å². The summed E-state index contributed by atoms with van der Waals surface area (Å²) in [4.78, 5) is 19.8. The molecule has 0 spiro atoms. The molecule has 2 N–H and O–H groups in total. The van der Waals surface area contributed by atoms with Crippen LogP contribution in [0.25, 0.3) is 22.2 Å². The molecular formula is C24H20FN5O4. The van der Waals surface area contributed by atoms with Crippen LogP contribution in [-0.4, -0.2) is 46.4 Å². The van der Waals surface area contributed by atoms with Crippen molar-refractivity contribution >= 4 is 22.7 Å². The van der Waals surface area contributed by atoms with Crippen molar-refractivity contribution in [1.82, 2.24) is 14.5 Å². The molecule has 0 amide bonds. The number of nitrogens with one attached hydrogen (secondary N) is 1. The van der Waals surface area contributed by atoms with Gasteiger partial charge in [0, 0.05) is 30.1 Å². The number of fused-ring (bicyclic) bond motifs is 1. The molecule has 0 saturated carbocycles. The number of nitriles is 1. The molecule has 2 aromatic carbocycles. The van der Waals surface area contributed by atoms with E-state index in [1.54, 1.807) is 22.8 Å². The number of nitrogens with zero attached hydrogens (tertiary/aromatic N) is 4. The summed E-state index contributed by atoms with van der Waals surface area (Å²) in [6, 6.07) is 12.8. The number of methoxy groups -OCH3 is 2. The van der Waals surface area contributed by atoms with Gasteiger partial charge < -0.3 is 24.5 Å². The number of hydrogen-bond acceptors (Lipinski definition) is 7. The van der Waals surface area contributed by atoms with Crippen molar-refractivity contribution in [2.45, 2.75) is 6.54 Å². The average molecular weight is 461 g/mol. The number of halogens is 1. The smallest absolute Gasteiger partial charge is 0.335 e. The molecule has 0 bridgehead atoms. The van der Waals surface area contributed by atoms with Crippen LogP contribution in [0.3, 0.4) is 0 Å². The average Bonchev–Trinajstić information content (AvgIpc) is 3.23. The Balaban J connectivity index is 1.58. The molecule has 4 rings (SSSR count). The SMILES string of the molecule is COc1cc(C(=O)O)cc(-c2cc(NCCn3c(C#N)cc4c(OC)ccc(F)c43)ncn2)c1. The first-order chi connectivity index (χ1) is 16.4. The summed E-state index contributed by atoms with van der Waals surface area (Å²) in [5.74, 6) is -0.168. The van der Waals surface area contributed by atoms with Crippen molar-refractivity contribution in [3.8, 4) is 28.8 Å². The van der Waals surface area contributed by atoms with Gasteiger partial charge in [-0.25, -0.2) is 19.2 Å². The fourth-order valence-electron chi connectivity index (χ4n) is 3.71. The number of carboxylic acid groups (broad SMARTS) is 1. The predicted octanol–water partition coefficient (Wildman–Crippen LogP) is 3.94. The Kier molecular flexibility index (Phi) is 6.27. The van der Waals surface area contributed by atoms with Crippen LogP contribution in [0.4, 0.5) is 10.2 Å². The van der Waals surface area contributed by atoms with Crippen LogP contribution in [0, 0.1) is 17.1 Å². The lowest BCUT2D eigenvalue weighted by atomic mass is 10.1. The van der Waals surface area contributed by atoms with Gasteiger partial charge in [-0.3, -0.25) is 0 Å². The molecule has 0 radical (unpaired) electrons. The maximum atomic E-state index is 14.6. The van der Waals surface area contributed by atoms with Crippen LogP contribution in [-0.2, 0) is 6.54 Å². The van der Waals surface area contributed by atoms with Gasteiger partial charge in [0.05, 0.1) is 31.0 Å². The van der Waals surface area contributed by atoms with Crippen molar-refractivity contribution in [3.63, 3.8) is 0 Å². The zero-order valence-corrected chi connectivity index (χ0v) is 18.4. The number of carbonyl (C=O) groups is 1. The van der Waals surface area contributed by atoms with Gasteiger partial charge in [-0.1, -0.05) is 0 Å². The molecule has 172 valence electrons. The number of aromatic nitrogens is 3. The summed E-state index contributed by atoms with van der Waals surface area (Å²) in [6.07, 6.45) is 1.36. The number of ether oxygens (including phenoxy) is 2.